The van der Waals surface area contributed by atoms with Crippen LogP contribution in [0.5, 0.6) is 0 Å². The van der Waals surface area contributed by atoms with Gasteiger partial charge in [-0.15, -0.1) is 0 Å². The van der Waals surface area contributed by atoms with Gasteiger partial charge >= 0.3 is 0 Å². The second-order valence-corrected chi connectivity index (χ2v) is 18.2. The molecule has 13 aromatic rings. The van der Waals surface area contributed by atoms with Crippen LogP contribution in [0.1, 0.15) is 0 Å². The molecule has 3 nitrogen and oxygen atoms in total. The summed E-state index contributed by atoms with van der Waals surface area (Å²) >= 11 is 0. The van der Waals surface area contributed by atoms with E-state index < -0.39 is 0 Å². The van der Waals surface area contributed by atoms with Crippen molar-refractivity contribution in [1.82, 2.24) is 15.0 Å². The number of hydrogen-bond donors (Lipinski definition) is 0. The smallest absolute Gasteiger partial charge is 0.0780 e. The van der Waals surface area contributed by atoms with E-state index in [-0.39, 0.29) is 8.41 Å². The SMILES string of the molecule is [B].c1ccc(-c2ncc(-c3ccccc3-c3cc(-c4ccccc4-c4cnc(-c5ccccc5)c5ccccc45)cc(-c4ccccc4-c4cnc(-c5ccccc5)c5ccccc45)c3)c3ccccc23)cc1. The third-order valence-corrected chi connectivity index (χ3v) is 14.0. The maximum atomic E-state index is 5.20. The number of rotatable bonds is 9. The van der Waals surface area contributed by atoms with Crippen molar-refractivity contribution in [1.29, 1.82) is 0 Å². The molecule has 0 fully saturated rings. The summed E-state index contributed by atoms with van der Waals surface area (Å²) in [5.74, 6) is 0. The van der Waals surface area contributed by atoms with Crippen LogP contribution in [0.15, 0.2) is 273 Å². The summed E-state index contributed by atoms with van der Waals surface area (Å²) in [6.07, 6.45) is 6.19. The molecule has 0 saturated carbocycles. The molecule has 0 aliphatic heterocycles. The van der Waals surface area contributed by atoms with Crippen LogP contribution in [0.25, 0.3) is 133 Å². The largest absolute Gasteiger partial charge is 0.255 e. The Morgan fingerprint density at radius 3 is 0.671 bits per heavy atom. The minimum absolute atomic E-state index is 0. The summed E-state index contributed by atoms with van der Waals surface area (Å²) < 4.78 is 0. The van der Waals surface area contributed by atoms with Crippen LogP contribution in [0.4, 0.5) is 0 Å². The van der Waals surface area contributed by atoms with E-state index in [4.69, 9.17) is 15.0 Å². The summed E-state index contributed by atoms with van der Waals surface area (Å²) in [7, 11) is 0. The standard InChI is InChI=1S/C69H45N3.B/c1-4-22-46(23-5-1)67-61-37-19-16-34-58(61)64(43-70-67)55-31-13-10-28-52(55)49-40-50(53-29-11-14-32-56(53)65-44-71-68(47-24-6-2-7-25-47)62-38-20-17-35-59(62)65)42-51(41-49)54-30-12-15-33-57(54)66-45-72-69(48-26-8-3-9-27-48)63-39-21-18-36-60(63)66;/h1-45H;. The highest BCUT2D eigenvalue weighted by molar-refractivity contribution is 6.09. The molecule has 4 heteroatoms. The van der Waals surface area contributed by atoms with Crippen LogP contribution >= 0.6 is 0 Å². The molecule has 3 radical (unpaired) electrons. The Bertz CT molecular complexity index is 3710. The summed E-state index contributed by atoms with van der Waals surface area (Å²) in [6.45, 7) is 0. The lowest BCUT2D eigenvalue weighted by atomic mass is 9.85. The molecule has 0 N–H and O–H groups in total. The number of aromatic nitrogens is 3. The molecule has 73 heavy (non-hydrogen) atoms. The molecule has 13 rings (SSSR count). The van der Waals surface area contributed by atoms with Gasteiger partial charge in [-0.05, 0) is 84.4 Å². The minimum Gasteiger partial charge on any atom is -0.255 e. The number of benzene rings is 10. The van der Waals surface area contributed by atoms with E-state index in [2.05, 4.69) is 273 Å². The van der Waals surface area contributed by atoms with Gasteiger partial charge in [0.25, 0.3) is 0 Å². The molecule has 0 saturated heterocycles. The van der Waals surface area contributed by atoms with E-state index in [1.807, 2.05) is 0 Å². The van der Waals surface area contributed by atoms with Crippen LogP contribution in [0.3, 0.4) is 0 Å². The Balaban J connectivity index is 0.00000543. The van der Waals surface area contributed by atoms with Crippen molar-refractivity contribution < 1.29 is 0 Å². The number of fused-ring (bicyclic) bond motifs is 3. The predicted molar refractivity (Wildman–Crippen MR) is 307 cm³/mol. The quantitative estimate of drug-likeness (QED) is 0.135. The van der Waals surface area contributed by atoms with Crippen molar-refractivity contribution >= 4 is 40.7 Å². The van der Waals surface area contributed by atoms with Crippen molar-refractivity contribution in [2.45, 2.75) is 0 Å². The molecule has 0 amide bonds. The van der Waals surface area contributed by atoms with Gasteiger partial charge in [0.05, 0.1) is 17.1 Å². The van der Waals surface area contributed by atoms with Crippen LogP contribution in [0.2, 0.25) is 0 Å². The second-order valence-electron chi connectivity index (χ2n) is 18.2. The van der Waals surface area contributed by atoms with Gasteiger partial charge in [0, 0.05) is 76.5 Å². The maximum absolute atomic E-state index is 5.20. The molecular weight excluding hydrogens is 882 g/mol. The topological polar surface area (TPSA) is 38.7 Å². The molecule has 0 atom stereocenters. The molecule has 0 spiro atoms. The molecule has 0 bridgehead atoms. The Kier molecular flexibility index (Phi) is 11.8. The summed E-state index contributed by atoms with van der Waals surface area (Å²) in [5, 5.41) is 6.82. The fourth-order valence-electron chi connectivity index (χ4n) is 10.7. The highest BCUT2D eigenvalue weighted by atomic mass is 14.7. The third-order valence-electron chi connectivity index (χ3n) is 14.0. The molecule has 0 aliphatic carbocycles. The number of hydrogen-bond acceptors (Lipinski definition) is 3. The molecule has 339 valence electrons. The van der Waals surface area contributed by atoms with Gasteiger partial charge in [-0.3, -0.25) is 15.0 Å². The number of pyridine rings is 3. The molecule has 3 aromatic heterocycles. The van der Waals surface area contributed by atoms with E-state index in [9.17, 15) is 0 Å². The molecular formula is C69H45BN3. The van der Waals surface area contributed by atoms with Crippen LogP contribution in [0, 0.1) is 0 Å². The summed E-state index contributed by atoms with van der Waals surface area (Å²) in [5.41, 5.74) is 19.5. The van der Waals surface area contributed by atoms with Crippen molar-refractivity contribution in [3.8, 4) is 101 Å². The van der Waals surface area contributed by atoms with E-state index in [0.717, 1.165) is 133 Å². The molecule has 0 unspecified atom stereocenters. The Morgan fingerprint density at radius 2 is 0.397 bits per heavy atom. The average molecular weight is 927 g/mol. The van der Waals surface area contributed by atoms with Gasteiger partial charge in [-0.1, -0.05) is 237 Å². The Labute approximate surface area is 427 Å². The normalized spacial score (nSPS) is 11.2. The van der Waals surface area contributed by atoms with Crippen molar-refractivity contribution in [2.75, 3.05) is 0 Å². The van der Waals surface area contributed by atoms with Crippen molar-refractivity contribution in [3.05, 3.63) is 273 Å². The average Bonchev–Trinajstić information content (AvgIpc) is 3.47. The van der Waals surface area contributed by atoms with E-state index in [1.54, 1.807) is 0 Å². The predicted octanol–water partition coefficient (Wildman–Crippen LogP) is 18.0. The fraction of sp³-hybridized carbons (Fsp3) is 0. The molecule has 10 aromatic carbocycles. The highest BCUT2D eigenvalue weighted by Gasteiger charge is 2.21. The van der Waals surface area contributed by atoms with Crippen molar-refractivity contribution in [2.24, 2.45) is 0 Å². The third kappa shape index (κ3) is 8.15. The lowest BCUT2D eigenvalue weighted by Crippen LogP contribution is -1.95. The first kappa shape index (κ1) is 44.7. The highest BCUT2D eigenvalue weighted by Crippen LogP contribution is 2.46. The van der Waals surface area contributed by atoms with Gasteiger partial charge in [-0.2, -0.15) is 0 Å². The summed E-state index contributed by atoms with van der Waals surface area (Å²) in [6, 6.07) is 90.9. The van der Waals surface area contributed by atoms with E-state index in [0.29, 0.717) is 0 Å². The fourth-order valence-corrected chi connectivity index (χ4v) is 10.7. The lowest BCUT2D eigenvalue weighted by molar-refractivity contribution is 1.35. The monoisotopic (exact) mass is 926 g/mol. The van der Waals surface area contributed by atoms with E-state index in [1.165, 1.54) is 0 Å². The zero-order valence-corrected chi connectivity index (χ0v) is 39.9. The Hall–Kier alpha value is -9.51. The first-order chi connectivity index (χ1) is 35.7. The van der Waals surface area contributed by atoms with Gasteiger partial charge in [0.15, 0.2) is 0 Å². The maximum Gasteiger partial charge on any atom is 0.0780 e. The van der Waals surface area contributed by atoms with Crippen LogP contribution in [-0.4, -0.2) is 23.4 Å². The van der Waals surface area contributed by atoms with Gasteiger partial charge in [0.2, 0.25) is 0 Å². The first-order valence-electron chi connectivity index (χ1n) is 24.5. The van der Waals surface area contributed by atoms with Gasteiger partial charge in [-0.25, -0.2) is 0 Å². The zero-order chi connectivity index (χ0) is 47.8. The van der Waals surface area contributed by atoms with Gasteiger partial charge in [0.1, 0.15) is 0 Å². The van der Waals surface area contributed by atoms with Gasteiger partial charge < -0.3 is 0 Å². The zero-order valence-electron chi connectivity index (χ0n) is 39.9. The molecule has 3 heterocycles. The number of nitrogens with zero attached hydrogens (tertiary/aromatic N) is 3. The van der Waals surface area contributed by atoms with Crippen LogP contribution < -0.4 is 0 Å². The Morgan fingerprint density at radius 1 is 0.178 bits per heavy atom. The minimum atomic E-state index is 0. The summed E-state index contributed by atoms with van der Waals surface area (Å²) in [4.78, 5) is 15.6. The molecule has 0 aliphatic rings. The van der Waals surface area contributed by atoms with Crippen LogP contribution in [-0.2, 0) is 0 Å². The lowest BCUT2D eigenvalue weighted by Gasteiger charge is -2.19. The van der Waals surface area contributed by atoms with Crippen molar-refractivity contribution in [3.63, 3.8) is 0 Å². The first-order valence-corrected chi connectivity index (χ1v) is 24.5. The van der Waals surface area contributed by atoms with E-state index >= 15 is 0 Å². The second kappa shape index (κ2) is 19.4.